The molecule has 1 fully saturated rings. The van der Waals surface area contributed by atoms with Crippen LogP contribution in [-0.4, -0.2) is 23.5 Å². The molecule has 1 aliphatic heterocycles. The highest BCUT2D eigenvalue weighted by atomic mass is 19.1. The van der Waals surface area contributed by atoms with E-state index in [4.69, 9.17) is 4.74 Å². The van der Waals surface area contributed by atoms with Crippen LogP contribution in [0.25, 0.3) is 0 Å². The molecular formula is C11H12FNO2. The van der Waals surface area contributed by atoms with Crippen molar-refractivity contribution in [3.63, 3.8) is 0 Å². The summed E-state index contributed by atoms with van der Waals surface area (Å²) in [4.78, 5) is 15.3. The van der Waals surface area contributed by atoms with Gasteiger partial charge in [-0.2, -0.15) is 0 Å². The quantitative estimate of drug-likeness (QED) is 0.714. The molecule has 1 aromatic rings. The number of hydrogen-bond donors (Lipinski definition) is 0. The second kappa shape index (κ2) is 4.49. The van der Waals surface area contributed by atoms with E-state index in [0.29, 0.717) is 6.61 Å². The van der Waals surface area contributed by atoms with Crippen LogP contribution in [0.5, 0.6) is 0 Å². The van der Waals surface area contributed by atoms with Gasteiger partial charge in [0.15, 0.2) is 11.6 Å². The Morgan fingerprint density at radius 2 is 2.53 bits per heavy atom. The molecule has 1 aromatic heterocycles. The Morgan fingerprint density at radius 1 is 1.67 bits per heavy atom. The number of rotatable bonds is 3. The second-order valence-electron chi connectivity index (χ2n) is 3.62. The topological polar surface area (TPSA) is 39.2 Å². The van der Waals surface area contributed by atoms with Crippen molar-refractivity contribution in [1.82, 2.24) is 4.98 Å². The number of nitrogens with zero attached hydrogens (tertiary/aromatic N) is 1. The van der Waals surface area contributed by atoms with E-state index < -0.39 is 5.82 Å². The molecule has 0 bridgehead atoms. The standard InChI is InChI=1S/C11H12FNO2/c12-10-7-13-4-3-9(10)11(14)6-8-2-1-5-15-8/h3-4,7-8H,1-2,5-6H2. The van der Waals surface area contributed by atoms with Crippen molar-refractivity contribution >= 4 is 5.78 Å². The zero-order chi connectivity index (χ0) is 10.7. The maximum atomic E-state index is 13.2. The Hall–Kier alpha value is -1.29. The molecular weight excluding hydrogens is 197 g/mol. The summed E-state index contributed by atoms with van der Waals surface area (Å²) in [6, 6.07) is 1.41. The van der Waals surface area contributed by atoms with Gasteiger partial charge in [-0.05, 0) is 18.9 Å². The van der Waals surface area contributed by atoms with Gasteiger partial charge in [-0.25, -0.2) is 4.39 Å². The molecule has 2 heterocycles. The van der Waals surface area contributed by atoms with Crippen LogP contribution >= 0.6 is 0 Å². The van der Waals surface area contributed by atoms with Crippen molar-refractivity contribution in [3.8, 4) is 0 Å². The van der Waals surface area contributed by atoms with Crippen molar-refractivity contribution in [1.29, 1.82) is 0 Å². The van der Waals surface area contributed by atoms with Crippen LogP contribution in [0.4, 0.5) is 4.39 Å². The molecule has 2 rings (SSSR count). The van der Waals surface area contributed by atoms with Gasteiger partial charge in [-0.15, -0.1) is 0 Å². The Kier molecular flexibility index (Phi) is 3.06. The zero-order valence-corrected chi connectivity index (χ0v) is 8.28. The molecule has 0 N–H and O–H groups in total. The predicted octanol–water partition coefficient (Wildman–Crippen LogP) is 1.97. The van der Waals surface area contributed by atoms with Gasteiger partial charge in [0.25, 0.3) is 0 Å². The molecule has 3 nitrogen and oxygen atoms in total. The van der Waals surface area contributed by atoms with E-state index in [9.17, 15) is 9.18 Å². The number of aromatic nitrogens is 1. The number of ether oxygens (including phenoxy) is 1. The van der Waals surface area contributed by atoms with Crippen LogP contribution in [-0.2, 0) is 4.74 Å². The third kappa shape index (κ3) is 2.39. The summed E-state index contributed by atoms with van der Waals surface area (Å²) in [7, 11) is 0. The normalized spacial score (nSPS) is 20.5. The lowest BCUT2D eigenvalue weighted by molar-refractivity contribution is 0.0772. The van der Waals surface area contributed by atoms with Crippen LogP contribution in [0.2, 0.25) is 0 Å². The Bertz CT molecular complexity index is 361. The van der Waals surface area contributed by atoms with Crippen LogP contribution in [0.1, 0.15) is 29.6 Å². The predicted molar refractivity (Wildman–Crippen MR) is 52.1 cm³/mol. The minimum absolute atomic E-state index is 0.0370. The molecule has 0 saturated carbocycles. The van der Waals surface area contributed by atoms with Gasteiger partial charge in [-0.3, -0.25) is 9.78 Å². The first kappa shape index (κ1) is 10.2. The van der Waals surface area contributed by atoms with Crippen LogP contribution in [0.3, 0.4) is 0 Å². The number of Topliss-reactive ketones (excluding diaryl/α,β-unsaturated/α-hetero) is 1. The van der Waals surface area contributed by atoms with Crippen LogP contribution < -0.4 is 0 Å². The lowest BCUT2D eigenvalue weighted by Gasteiger charge is -2.08. The van der Waals surface area contributed by atoms with Crippen molar-refractivity contribution in [2.24, 2.45) is 0 Å². The molecule has 1 aliphatic rings. The summed E-state index contributed by atoms with van der Waals surface area (Å²) >= 11 is 0. The zero-order valence-electron chi connectivity index (χ0n) is 8.28. The molecule has 0 aliphatic carbocycles. The van der Waals surface area contributed by atoms with Gasteiger partial charge in [0, 0.05) is 19.2 Å². The van der Waals surface area contributed by atoms with Gasteiger partial charge < -0.3 is 4.74 Å². The Morgan fingerprint density at radius 3 is 3.20 bits per heavy atom. The number of ketones is 1. The fourth-order valence-corrected chi connectivity index (χ4v) is 1.72. The minimum Gasteiger partial charge on any atom is -0.378 e. The molecule has 1 atom stereocenters. The van der Waals surface area contributed by atoms with Crippen molar-refractivity contribution in [3.05, 3.63) is 29.8 Å². The summed E-state index contributed by atoms with van der Waals surface area (Å²) in [5, 5.41) is 0. The third-order valence-electron chi connectivity index (χ3n) is 2.51. The fourth-order valence-electron chi connectivity index (χ4n) is 1.72. The largest absolute Gasteiger partial charge is 0.378 e. The SMILES string of the molecule is O=C(CC1CCCO1)c1ccncc1F. The molecule has 15 heavy (non-hydrogen) atoms. The lowest BCUT2D eigenvalue weighted by Crippen LogP contribution is -2.13. The first-order valence-corrected chi connectivity index (χ1v) is 5.01. The van der Waals surface area contributed by atoms with Crippen LogP contribution in [0.15, 0.2) is 18.5 Å². The van der Waals surface area contributed by atoms with Crippen molar-refractivity contribution in [2.75, 3.05) is 6.61 Å². The summed E-state index contributed by atoms with van der Waals surface area (Å²) in [5.74, 6) is -0.762. The maximum absolute atomic E-state index is 13.2. The molecule has 1 unspecified atom stereocenters. The first-order valence-electron chi connectivity index (χ1n) is 5.01. The van der Waals surface area contributed by atoms with Crippen molar-refractivity contribution in [2.45, 2.75) is 25.4 Å². The molecule has 0 radical (unpaired) electrons. The monoisotopic (exact) mass is 209 g/mol. The first-order chi connectivity index (χ1) is 7.27. The number of pyridine rings is 1. The highest BCUT2D eigenvalue weighted by Crippen LogP contribution is 2.18. The van der Waals surface area contributed by atoms with E-state index in [0.717, 1.165) is 19.0 Å². The highest BCUT2D eigenvalue weighted by molar-refractivity contribution is 5.96. The van der Waals surface area contributed by atoms with Crippen LogP contribution in [0, 0.1) is 5.82 Å². The second-order valence-corrected chi connectivity index (χ2v) is 3.62. The third-order valence-corrected chi connectivity index (χ3v) is 2.51. The van der Waals surface area contributed by atoms with Gasteiger partial charge in [0.05, 0.1) is 17.9 Å². The van der Waals surface area contributed by atoms with E-state index >= 15 is 0 Å². The van der Waals surface area contributed by atoms with Gasteiger partial charge in [0.1, 0.15) is 0 Å². The fraction of sp³-hybridized carbons (Fsp3) is 0.455. The van der Waals surface area contributed by atoms with Gasteiger partial charge in [-0.1, -0.05) is 0 Å². The molecule has 0 aromatic carbocycles. The van der Waals surface area contributed by atoms with Gasteiger partial charge >= 0.3 is 0 Å². The van der Waals surface area contributed by atoms with E-state index in [2.05, 4.69) is 4.98 Å². The van der Waals surface area contributed by atoms with E-state index in [1.807, 2.05) is 0 Å². The highest BCUT2D eigenvalue weighted by Gasteiger charge is 2.21. The average Bonchev–Trinajstić information content (AvgIpc) is 2.71. The van der Waals surface area contributed by atoms with Gasteiger partial charge in [0.2, 0.25) is 0 Å². The van der Waals surface area contributed by atoms with E-state index in [-0.39, 0.29) is 23.9 Å². The van der Waals surface area contributed by atoms with Crippen molar-refractivity contribution < 1.29 is 13.9 Å². The summed E-state index contributed by atoms with van der Waals surface area (Å²) < 4.78 is 18.5. The number of carbonyl (C=O) groups excluding carboxylic acids is 1. The molecule has 4 heteroatoms. The minimum atomic E-state index is -0.555. The smallest absolute Gasteiger partial charge is 0.168 e. The molecule has 0 amide bonds. The average molecular weight is 209 g/mol. The molecule has 80 valence electrons. The van der Waals surface area contributed by atoms with E-state index in [1.165, 1.54) is 12.3 Å². The summed E-state index contributed by atoms with van der Waals surface area (Å²) in [6.45, 7) is 0.705. The maximum Gasteiger partial charge on any atom is 0.168 e. The summed E-state index contributed by atoms with van der Waals surface area (Å²) in [6.07, 6.45) is 4.58. The number of halogens is 1. The molecule has 0 spiro atoms. The number of carbonyl (C=O) groups is 1. The van der Waals surface area contributed by atoms with E-state index in [1.54, 1.807) is 0 Å². The Labute approximate surface area is 87.3 Å². The summed E-state index contributed by atoms with van der Waals surface area (Å²) in [5.41, 5.74) is 0.112. The number of hydrogen-bond acceptors (Lipinski definition) is 3. The molecule has 1 saturated heterocycles. The Balaban J connectivity index is 2.04. The lowest BCUT2D eigenvalue weighted by atomic mass is 10.0.